The second kappa shape index (κ2) is 11.4. The molecule has 2 aromatic carbocycles. The van der Waals surface area contributed by atoms with Crippen molar-refractivity contribution in [3.63, 3.8) is 0 Å². The van der Waals surface area contributed by atoms with Gasteiger partial charge in [-0.2, -0.15) is 0 Å². The van der Waals surface area contributed by atoms with E-state index in [0.29, 0.717) is 11.5 Å². The highest BCUT2D eigenvalue weighted by Crippen LogP contribution is 2.25. The van der Waals surface area contributed by atoms with E-state index in [9.17, 15) is 9.00 Å². The van der Waals surface area contributed by atoms with E-state index in [1.54, 1.807) is 7.11 Å². The number of benzene rings is 2. The predicted octanol–water partition coefficient (Wildman–Crippen LogP) is 3.40. The SMILES string of the molecule is COC[C@H](c1ccccc1)S(=O)/C(=C/C(=O)OC)COCc1ccccc1. The first-order valence-electron chi connectivity index (χ1n) is 8.50. The summed E-state index contributed by atoms with van der Waals surface area (Å²) in [5.74, 6) is -0.564. The second-order valence-electron chi connectivity index (χ2n) is 5.76. The number of hydrogen-bond donors (Lipinski definition) is 0. The van der Waals surface area contributed by atoms with Crippen LogP contribution in [0, 0.1) is 0 Å². The molecule has 0 heterocycles. The topological polar surface area (TPSA) is 61.8 Å². The summed E-state index contributed by atoms with van der Waals surface area (Å²) in [6, 6.07) is 19.1. The fourth-order valence-electron chi connectivity index (χ4n) is 2.48. The Balaban J connectivity index is 2.16. The number of hydrogen-bond acceptors (Lipinski definition) is 5. The summed E-state index contributed by atoms with van der Waals surface area (Å²) in [4.78, 5) is 12.1. The van der Waals surface area contributed by atoms with E-state index in [1.165, 1.54) is 13.2 Å². The molecule has 2 aromatic rings. The maximum Gasteiger partial charge on any atom is 0.331 e. The van der Waals surface area contributed by atoms with E-state index in [-0.39, 0.29) is 13.2 Å². The Morgan fingerprint density at radius 2 is 1.67 bits per heavy atom. The van der Waals surface area contributed by atoms with Crippen molar-refractivity contribution < 1.29 is 23.2 Å². The van der Waals surface area contributed by atoms with E-state index in [2.05, 4.69) is 0 Å². The zero-order valence-electron chi connectivity index (χ0n) is 15.5. The lowest BCUT2D eigenvalue weighted by Crippen LogP contribution is -2.18. The van der Waals surface area contributed by atoms with Gasteiger partial charge in [0.2, 0.25) is 0 Å². The number of rotatable bonds is 10. The minimum absolute atomic E-state index is 0.0592. The summed E-state index contributed by atoms with van der Waals surface area (Å²) in [7, 11) is 1.33. The molecule has 0 radical (unpaired) electrons. The number of methoxy groups -OCH3 is 2. The lowest BCUT2D eigenvalue weighted by atomic mass is 10.1. The maximum atomic E-state index is 13.2. The van der Waals surface area contributed by atoms with Crippen LogP contribution in [-0.2, 0) is 36.4 Å². The van der Waals surface area contributed by atoms with Gasteiger partial charge < -0.3 is 14.2 Å². The summed E-state index contributed by atoms with van der Waals surface area (Å²) < 4.78 is 28.9. The molecule has 144 valence electrons. The molecule has 5 nitrogen and oxygen atoms in total. The van der Waals surface area contributed by atoms with Crippen LogP contribution in [0.2, 0.25) is 0 Å². The van der Waals surface area contributed by atoms with Crippen LogP contribution in [0.4, 0.5) is 0 Å². The maximum absolute atomic E-state index is 13.2. The Hall–Kier alpha value is -2.28. The van der Waals surface area contributed by atoms with Crippen LogP contribution in [0.3, 0.4) is 0 Å². The van der Waals surface area contributed by atoms with Gasteiger partial charge in [-0.3, -0.25) is 4.21 Å². The molecule has 0 N–H and O–H groups in total. The molecule has 2 atom stereocenters. The number of carbonyl (C=O) groups excluding carboxylic acids is 1. The van der Waals surface area contributed by atoms with E-state index in [0.717, 1.165) is 11.1 Å². The third kappa shape index (κ3) is 6.75. The summed E-state index contributed by atoms with van der Waals surface area (Å²) >= 11 is 0. The van der Waals surface area contributed by atoms with Gasteiger partial charge >= 0.3 is 5.97 Å². The molecule has 1 unspecified atom stereocenters. The van der Waals surface area contributed by atoms with Gasteiger partial charge in [0.15, 0.2) is 0 Å². The molecule has 0 spiro atoms. The number of esters is 1. The van der Waals surface area contributed by atoms with Crippen molar-refractivity contribution in [2.45, 2.75) is 11.9 Å². The summed E-state index contributed by atoms with van der Waals surface area (Å²) in [5.41, 5.74) is 1.87. The van der Waals surface area contributed by atoms with Gasteiger partial charge in [-0.15, -0.1) is 0 Å². The average Bonchev–Trinajstić information content (AvgIpc) is 2.72. The largest absolute Gasteiger partial charge is 0.466 e. The Morgan fingerprint density at radius 1 is 1.04 bits per heavy atom. The summed E-state index contributed by atoms with van der Waals surface area (Å²) in [6.45, 7) is 0.675. The van der Waals surface area contributed by atoms with Gasteiger partial charge in [0.25, 0.3) is 0 Å². The molecular formula is C21H24O5S. The first-order chi connectivity index (χ1) is 13.2. The summed E-state index contributed by atoms with van der Waals surface area (Å²) in [5, 5.41) is -0.410. The van der Waals surface area contributed by atoms with Gasteiger partial charge in [0.1, 0.15) is 0 Å². The molecule has 6 heteroatoms. The average molecular weight is 388 g/mol. The van der Waals surface area contributed by atoms with E-state index in [4.69, 9.17) is 14.2 Å². The van der Waals surface area contributed by atoms with Crippen LogP contribution < -0.4 is 0 Å². The third-order valence-corrected chi connectivity index (χ3v) is 5.52. The van der Waals surface area contributed by atoms with Crippen LogP contribution >= 0.6 is 0 Å². The van der Waals surface area contributed by atoms with Crippen molar-refractivity contribution in [1.82, 2.24) is 0 Å². The highest BCUT2D eigenvalue weighted by Gasteiger charge is 2.23. The molecule has 0 aliphatic rings. The molecule has 0 aliphatic carbocycles. The van der Waals surface area contributed by atoms with Crippen molar-refractivity contribution >= 4 is 16.8 Å². The smallest absolute Gasteiger partial charge is 0.331 e. The fourth-order valence-corrected chi connectivity index (χ4v) is 3.92. The van der Waals surface area contributed by atoms with Crippen molar-refractivity contribution in [2.75, 3.05) is 27.4 Å². The first kappa shape index (κ1) is 21.0. The van der Waals surface area contributed by atoms with Crippen molar-refractivity contribution in [1.29, 1.82) is 0 Å². The van der Waals surface area contributed by atoms with Crippen molar-refractivity contribution in [2.24, 2.45) is 0 Å². The quantitative estimate of drug-likeness (QED) is 0.461. The molecule has 0 saturated heterocycles. The predicted molar refractivity (Wildman–Crippen MR) is 105 cm³/mol. The molecular weight excluding hydrogens is 364 g/mol. The van der Waals surface area contributed by atoms with Crippen molar-refractivity contribution in [3.05, 3.63) is 82.8 Å². The first-order valence-corrected chi connectivity index (χ1v) is 9.71. The van der Waals surface area contributed by atoms with E-state index in [1.807, 2.05) is 60.7 Å². The normalized spacial score (nSPS) is 13.8. The van der Waals surface area contributed by atoms with E-state index < -0.39 is 22.0 Å². The molecule has 0 saturated carbocycles. The van der Waals surface area contributed by atoms with Crippen LogP contribution in [0.1, 0.15) is 16.4 Å². The van der Waals surface area contributed by atoms with Gasteiger partial charge in [-0.25, -0.2) is 4.79 Å². The summed E-state index contributed by atoms with van der Waals surface area (Å²) in [6.07, 6.45) is 1.24. The molecule has 2 rings (SSSR count). The zero-order chi connectivity index (χ0) is 19.5. The van der Waals surface area contributed by atoms with Gasteiger partial charge in [0, 0.05) is 18.1 Å². The minimum Gasteiger partial charge on any atom is -0.466 e. The van der Waals surface area contributed by atoms with Crippen LogP contribution in [0.15, 0.2) is 71.6 Å². The van der Waals surface area contributed by atoms with Gasteiger partial charge in [-0.1, -0.05) is 60.7 Å². The Kier molecular flexibility index (Phi) is 8.91. The fraction of sp³-hybridized carbons (Fsp3) is 0.286. The van der Waals surface area contributed by atoms with Gasteiger partial charge in [0.05, 0.1) is 43.0 Å². The Morgan fingerprint density at radius 3 is 2.26 bits per heavy atom. The Bertz CT molecular complexity index is 759. The highest BCUT2D eigenvalue weighted by atomic mass is 32.2. The number of carbonyl (C=O) groups is 1. The molecule has 0 fully saturated rings. The van der Waals surface area contributed by atoms with Crippen LogP contribution in [0.25, 0.3) is 0 Å². The number of ether oxygens (including phenoxy) is 3. The lowest BCUT2D eigenvalue weighted by molar-refractivity contribution is -0.134. The molecule has 27 heavy (non-hydrogen) atoms. The molecule has 0 bridgehead atoms. The molecule has 0 aliphatic heterocycles. The standard InChI is InChI=1S/C21H24O5S/c1-24-16-20(18-11-7-4-8-12-18)27(23)19(13-21(22)25-2)15-26-14-17-9-5-3-6-10-17/h3-13,20H,14-16H2,1-2H3/b19-13+/t20-,27?/m1/s1. The van der Waals surface area contributed by atoms with Crippen molar-refractivity contribution in [3.8, 4) is 0 Å². The zero-order valence-corrected chi connectivity index (χ0v) is 16.3. The minimum atomic E-state index is -1.52. The highest BCUT2D eigenvalue weighted by molar-refractivity contribution is 7.89. The Labute approximate surface area is 162 Å². The molecule has 0 aromatic heterocycles. The van der Waals surface area contributed by atoms with E-state index >= 15 is 0 Å². The third-order valence-electron chi connectivity index (χ3n) is 3.84. The lowest BCUT2D eigenvalue weighted by Gasteiger charge is -2.18. The van der Waals surface area contributed by atoms with Crippen LogP contribution in [-0.4, -0.2) is 37.6 Å². The monoisotopic (exact) mass is 388 g/mol. The molecule has 0 amide bonds. The van der Waals surface area contributed by atoms with Crippen LogP contribution in [0.5, 0.6) is 0 Å². The van der Waals surface area contributed by atoms with Gasteiger partial charge in [-0.05, 0) is 11.1 Å². The second-order valence-corrected chi connectivity index (χ2v) is 7.45.